The molecule has 0 aliphatic heterocycles. The molecule has 6 heteroatoms. The number of hydrogen-bond acceptors (Lipinski definition) is 3. The molecule has 0 spiro atoms. The van der Waals surface area contributed by atoms with E-state index in [1.807, 2.05) is 61.5 Å². The number of carboxylic acids is 1. The number of carbonyl (C=O) groups is 1. The van der Waals surface area contributed by atoms with Crippen LogP contribution in [0.3, 0.4) is 0 Å². The summed E-state index contributed by atoms with van der Waals surface area (Å²) in [6, 6.07) is 23.9. The summed E-state index contributed by atoms with van der Waals surface area (Å²) in [7, 11) is 0. The third kappa shape index (κ3) is 4.09. The predicted molar refractivity (Wildman–Crippen MR) is 137 cm³/mol. The average Bonchev–Trinajstić information content (AvgIpc) is 3.24. The maximum atomic E-state index is 15.6. The minimum Gasteiger partial charge on any atom is -0.481 e. The van der Waals surface area contributed by atoms with E-state index in [9.17, 15) is 9.90 Å². The Balaban J connectivity index is 1.74. The molecule has 4 aromatic carbocycles. The Morgan fingerprint density at radius 2 is 1.68 bits per heavy atom. The Labute approximate surface area is 205 Å². The van der Waals surface area contributed by atoms with Crippen LogP contribution in [0.2, 0.25) is 5.02 Å². The van der Waals surface area contributed by atoms with Gasteiger partial charge in [-0.25, -0.2) is 9.37 Å². The van der Waals surface area contributed by atoms with Crippen molar-refractivity contribution in [1.82, 2.24) is 4.98 Å². The zero-order valence-electron chi connectivity index (χ0n) is 18.2. The number of aromatic nitrogens is 1. The molecule has 0 saturated carbocycles. The second kappa shape index (κ2) is 9.01. The lowest BCUT2D eigenvalue weighted by molar-refractivity contribution is -0.136. The first-order chi connectivity index (χ1) is 16.4. The normalized spacial score (nSPS) is 11.1. The topological polar surface area (TPSA) is 50.2 Å². The van der Waals surface area contributed by atoms with E-state index in [-0.39, 0.29) is 12.2 Å². The van der Waals surface area contributed by atoms with Crippen molar-refractivity contribution in [2.45, 2.75) is 13.3 Å². The molecular weight excluding hydrogens is 469 g/mol. The summed E-state index contributed by atoms with van der Waals surface area (Å²) in [6.07, 6.45) is -0.120. The molecule has 0 radical (unpaired) electrons. The Morgan fingerprint density at radius 3 is 2.38 bits per heavy atom. The van der Waals surface area contributed by atoms with E-state index in [2.05, 4.69) is 0 Å². The quantitative estimate of drug-likeness (QED) is 0.273. The second-order valence-electron chi connectivity index (χ2n) is 8.02. The minimum absolute atomic E-state index is 0.120. The lowest BCUT2D eigenvalue weighted by Gasteiger charge is -2.13. The summed E-state index contributed by atoms with van der Waals surface area (Å²) >= 11 is 7.46. The van der Waals surface area contributed by atoms with Gasteiger partial charge < -0.3 is 5.11 Å². The third-order valence-corrected chi connectivity index (χ3v) is 7.16. The van der Waals surface area contributed by atoms with Gasteiger partial charge in [0.05, 0.1) is 16.6 Å². The summed E-state index contributed by atoms with van der Waals surface area (Å²) in [5, 5.41) is 10.7. The summed E-state index contributed by atoms with van der Waals surface area (Å²) < 4.78 is 16.5. The van der Waals surface area contributed by atoms with Crippen LogP contribution in [0.25, 0.3) is 43.0 Å². The minimum atomic E-state index is -0.913. The molecule has 0 saturated heterocycles. The summed E-state index contributed by atoms with van der Waals surface area (Å²) in [5.41, 5.74) is 5.64. The van der Waals surface area contributed by atoms with Gasteiger partial charge in [0.25, 0.3) is 0 Å². The number of hydrogen-bond donors (Lipinski definition) is 1. The fourth-order valence-electron chi connectivity index (χ4n) is 4.19. The van der Waals surface area contributed by atoms with Crippen LogP contribution < -0.4 is 0 Å². The van der Waals surface area contributed by atoms with Crippen LogP contribution in [0, 0.1) is 12.7 Å². The predicted octanol–water partition coefficient (Wildman–Crippen LogP) is 8.03. The van der Waals surface area contributed by atoms with Crippen LogP contribution >= 0.6 is 22.9 Å². The van der Waals surface area contributed by atoms with Gasteiger partial charge in [-0.1, -0.05) is 66.2 Å². The molecule has 0 atom stereocenters. The zero-order chi connectivity index (χ0) is 23.8. The van der Waals surface area contributed by atoms with Crippen molar-refractivity contribution in [3.63, 3.8) is 0 Å². The number of aryl methyl sites for hydroxylation is 1. The lowest BCUT2D eigenvalue weighted by Crippen LogP contribution is -2.04. The lowest BCUT2D eigenvalue weighted by atomic mass is 9.93. The fraction of sp³-hybridized carbons (Fsp3) is 0.0714. The van der Waals surface area contributed by atoms with Crippen LogP contribution in [0.5, 0.6) is 0 Å². The van der Waals surface area contributed by atoms with Gasteiger partial charge in [0, 0.05) is 21.7 Å². The molecule has 5 rings (SSSR count). The zero-order valence-corrected chi connectivity index (χ0v) is 19.8. The molecule has 0 aliphatic carbocycles. The van der Waals surface area contributed by atoms with Crippen molar-refractivity contribution >= 4 is 39.1 Å². The van der Waals surface area contributed by atoms with Gasteiger partial charge in [-0.15, -0.1) is 11.3 Å². The Kier molecular flexibility index (Phi) is 5.90. The number of benzene rings is 4. The van der Waals surface area contributed by atoms with Gasteiger partial charge >= 0.3 is 5.97 Å². The molecule has 3 nitrogen and oxygen atoms in total. The highest BCUT2D eigenvalue weighted by atomic mass is 35.5. The molecule has 5 aromatic rings. The number of aliphatic carboxylic acids is 1. The number of carboxylic acid groups (broad SMARTS) is 1. The maximum absolute atomic E-state index is 15.6. The fourth-order valence-corrected chi connectivity index (χ4v) is 5.47. The van der Waals surface area contributed by atoms with Gasteiger partial charge in [-0.05, 0) is 53.4 Å². The number of nitrogens with zero attached hydrogens (tertiary/aromatic N) is 1. The van der Waals surface area contributed by atoms with Crippen molar-refractivity contribution < 1.29 is 14.3 Å². The largest absolute Gasteiger partial charge is 0.481 e. The second-order valence-corrected chi connectivity index (χ2v) is 9.46. The van der Waals surface area contributed by atoms with Crippen molar-refractivity contribution in [3.05, 3.63) is 101 Å². The summed E-state index contributed by atoms with van der Waals surface area (Å²) in [4.78, 5) is 16.4. The van der Waals surface area contributed by atoms with E-state index in [0.717, 1.165) is 32.5 Å². The van der Waals surface area contributed by atoms with E-state index < -0.39 is 5.97 Å². The first-order valence-corrected chi connectivity index (χ1v) is 11.9. The number of thiazole rings is 1. The first kappa shape index (κ1) is 22.3. The van der Waals surface area contributed by atoms with Crippen LogP contribution in [0.1, 0.15) is 11.1 Å². The third-order valence-electron chi connectivity index (χ3n) is 5.79. The molecule has 1 aromatic heterocycles. The molecule has 0 unspecified atom stereocenters. The molecule has 0 bridgehead atoms. The molecule has 0 amide bonds. The van der Waals surface area contributed by atoms with Crippen LogP contribution in [-0.4, -0.2) is 16.1 Å². The molecule has 168 valence electrons. The first-order valence-electron chi connectivity index (χ1n) is 10.7. The number of fused-ring (bicyclic) bond motifs is 1. The highest BCUT2D eigenvalue weighted by molar-refractivity contribution is 7.22. The molecule has 34 heavy (non-hydrogen) atoms. The van der Waals surface area contributed by atoms with Gasteiger partial charge in [-0.2, -0.15) is 0 Å². The van der Waals surface area contributed by atoms with Crippen molar-refractivity contribution in [3.8, 4) is 32.8 Å². The average molecular weight is 488 g/mol. The Bertz CT molecular complexity index is 1530. The molecule has 0 aliphatic rings. The van der Waals surface area contributed by atoms with E-state index in [1.165, 1.54) is 11.3 Å². The maximum Gasteiger partial charge on any atom is 0.307 e. The Hall–Kier alpha value is -3.54. The molecule has 1 heterocycles. The van der Waals surface area contributed by atoms with Crippen LogP contribution in [0.4, 0.5) is 4.39 Å². The SMILES string of the molecule is Cc1cc2nc(-c3cccc(-c4ccccc4)c3F)sc2c(-c2ccc(Cl)cc2)c1CC(=O)O. The van der Waals surface area contributed by atoms with Gasteiger partial charge in [0.1, 0.15) is 10.8 Å². The molecular formula is C28H19ClFNO2S. The highest BCUT2D eigenvalue weighted by Gasteiger charge is 2.21. The van der Waals surface area contributed by atoms with Crippen molar-refractivity contribution in [1.29, 1.82) is 0 Å². The highest BCUT2D eigenvalue weighted by Crippen LogP contribution is 2.42. The Morgan fingerprint density at radius 1 is 0.971 bits per heavy atom. The smallest absolute Gasteiger partial charge is 0.307 e. The number of rotatable bonds is 5. The van der Waals surface area contributed by atoms with Gasteiger partial charge in [0.15, 0.2) is 0 Å². The van der Waals surface area contributed by atoms with E-state index in [4.69, 9.17) is 16.6 Å². The van der Waals surface area contributed by atoms with E-state index in [1.54, 1.807) is 24.3 Å². The van der Waals surface area contributed by atoms with Gasteiger partial charge in [-0.3, -0.25) is 4.79 Å². The van der Waals surface area contributed by atoms with Gasteiger partial charge in [0.2, 0.25) is 0 Å². The van der Waals surface area contributed by atoms with Crippen molar-refractivity contribution in [2.24, 2.45) is 0 Å². The standard InChI is InChI=1S/C28H19ClFNO2S/c1-16-14-23-27(25(22(16)15-24(32)33)18-10-12-19(29)13-11-18)34-28(31-23)21-9-5-8-20(26(21)30)17-6-3-2-4-7-17/h2-14H,15H2,1H3,(H,32,33). The summed E-state index contributed by atoms with van der Waals surface area (Å²) in [5.74, 6) is -1.24. The van der Waals surface area contributed by atoms with Crippen molar-refractivity contribution in [2.75, 3.05) is 0 Å². The van der Waals surface area contributed by atoms with E-state index in [0.29, 0.717) is 26.7 Å². The monoisotopic (exact) mass is 487 g/mol. The van der Waals surface area contributed by atoms with Crippen LogP contribution in [-0.2, 0) is 11.2 Å². The summed E-state index contributed by atoms with van der Waals surface area (Å²) in [6.45, 7) is 1.88. The molecule has 1 N–H and O–H groups in total. The number of halogens is 2. The molecule has 0 fully saturated rings. The van der Waals surface area contributed by atoms with Crippen LogP contribution in [0.15, 0.2) is 78.9 Å². The van der Waals surface area contributed by atoms with E-state index >= 15 is 4.39 Å².